The van der Waals surface area contributed by atoms with Gasteiger partial charge in [0, 0.05) is 11.4 Å². The van der Waals surface area contributed by atoms with E-state index >= 15 is 0 Å². The van der Waals surface area contributed by atoms with E-state index in [2.05, 4.69) is 17.4 Å². The van der Waals surface area contributed by atoms with E-state index in [9.17, 15) is 5.21 Å². The van der Waals surface area contributed by atoms with Crippen molar-refractivity contribution in [3.63, 3.8) is 0 Å². The van der Waals surface area contributed by atoms with E-state index in [0.29, 0.717) is 16.8 Å². The molecule has 0 aromatic heterocycles. The molecular formula is C15H21ClN2O. The molecular weight excluding hydrogens is 260 g/mol. The van der Waals surface area contributed by atoms with Gasteiger partial charge in [0.05, 0.1) is 5.69 Å². The summed E-state index contributed by atoms with van der Waals surface area (Å²) in [6.45, 7) is 2.31. The third kappa shape index (κ3) is 4.51. The standard InChI is InChI=1S/C15H21ClN2O/c1-11-2-4-12(5-3-11)10-15(18-19)17-14-8-6-13(16)7-9-14/h6-9,11-12,19H,2-5,10H2,1H3,(H,17,18). The summed E-state index contributed by atoms with van der Waals surface area (Å²) < 4.78 is 0. The minimum atomic E-state index is 0.627. The molecule has 1 fully saturated rings. The first kappa shape index (κ1) is 14.4. The van der Waals surface area contributed by atoms with Crippen molar-refractivity contribution in [1.82, 2.24) is 5.48 Å². The fourth-order valence-electron chi connectivity index (χ4n) is 2.59. The molecule has 0 saturated heterocycles. The van der Waals surface area contributed by atoms with Gasteiger partial charge in [-0.05, 0) is 48.9 Å². The van der Waals surface area contributed by atoms with Gasteiger partial charge in [0.2, 0.25) is 0 Å². The number of halogens is 1. The van der Waals surface area contributed by atoms with Crippen LogP contribution in [-0.2, 0) is 0 Å². The Morgan fingerprint density at radius 1 is 1.26 bits per heavy atom. The minimum absolute atomic E-state index is 0.627. The van der Waals surface area contributed by atoms with Gasteiger partial charge >= 0.3 is 0 Å². The van der Waals surface area contributed by atoms with Crippen LogP contribution in [0.15, 0.2) is 29.3 Å². The van der Waals surface area contributed by atoms with Crippen LogP contribution >= 0.6 is 11.6 Å². The molecule has 1 aliphatic rings. The van der Waals surface area contributed by atoms with Crippen molar-refractivity contribution in [1.29, 1.82) is 0 Å². The number of hydrogen-bond donors (Lipinski definition) is 2. The molecule has 0 unspecified atom stereocenters. The molecule has 0 atom stereocenters. The van der Waals surface area contributed by atoms with Gasteiger partial charge in [0.1, 0.15) is 5.84 Å². The Morgan fingerprint density at radius 3 is 2.47 bits per heavy atom. The monoisotopic (exact) mass is 280 g/mol. The molecule has 0 bridgehead atoms. The normalized spacial score (nSPS) is 24.3. The molecule has 2 N–H and O–H groups in total. The van der Waals surface area contributed by atoms with Gasteiger partial charge in [-0.15, -0.1) is 0 Å². The van der Waals surface area contributed by atoms with Crippen LogP contribution in [-0.4, -0.2) is 11.0 Å². The molecule has 1 aromatic carbocycles. The van der Waals surface area contributed by atoms with Crippen molar-refractivity contribution >= 4 is 23.1 Å². The zero-order valence-electron chi connectivity index (χ0n) is 11.3. The molecule has 0 radical (unpaired) electrons. The second-order valence-corrected chi connectivity index (χ2v) is 5.91. The van der Waals surface area contributed by atoms with Crippen molar-refractivity contribution in [3.8, 4) is 0 Å². The number of hydroxylamine groups is 1. The van der Waals surface area contributed by atoms with Crippen molar-refractivity contribution in [2.45, 2.75) is 39.0 Å². The summed E-state index contributed by atoms with van der Waals surface area (Å²) in [5, 5.41) is 9.91. The topological polar surface area (TPSA) is 44.6 Å². The van der Waals surface area contributed by atoms with Gasteiger partial charge in [-0.2, -0.15) is 0 Å². The molecule has 19 heavy (non-hydrogen) atoms. The Hall–Kier alpha value is -1.06. The fourth-order valence-corrected chi connectivity index (χ4v) is 2.72. The fraction of sp³-hybridized carbons (Fsp3) is 0.533. The van der Waals surface area contributed by atoms with Crippen LogP contribution in [0.3, 0.4) is 0 Å². The summed E-state index contributed by atoms with van der Waals surface area (Å²) in [5.74, 6) is 2.11. The van der Waals surface area contributed by atoms with Gasteiger partial charge in [-0.1, -0.05) is 31.4 Å². The predicted octanol–water partition coefficient (Wildman–Crippen LogP) is 4.57. The molecule has 4 heteroatoms. The van der Waals surface area contributed by atoms with E-state index in [1.165, 1.54) is 25.7 Å². The van der Waals surface area contributed by atoms with Crippen LogP contribution in [0.2, 0.25) is 5.02 Å². The summed E-state index contributed by atoms with van der Waals surface area (Å²) in [6, 6.07) is 7.31. The second kappa shape index (κ2) is 6.92. The Bertz CT molecular complexity index is 422. The first-order chi connectivity index (χ1) is 9.17. The quantitative estimate of drug-likeness (QED) is 0.484. The summed E-state index contributed by atoms with van der Waals surface area (Å²) in [6.07, 6.45) is 5.82. The zero-order valence-corrected chi connectivity index (χ0v) is 12.0. The lowest BCUT2D eigenvalue weighted by molar-refractivity contribution is 0.224. The van der Waals surface area contributed by atoms with E-state index in [1.54, 1.807) is 12.1 Å². The highest BCUT2D eigenvalue weighted by Crippen LogP contribution is 2.30. The molecule has 104 valence electrons. The van der Waals surface area contributed by atoms with Crippen LogP contribution < -0.4 is 5.48 Å². The third-order valence-corrected chi connectivity index (χ3v) is 4.09. The summed E-state index contributed by atoms with van der Waals surface area (Å²) >= 11 is 5.84. The average molecular weight is 281 g/mol. The van der Waals surface area contributed by atoms with E-state index in [1.807, 2.05) is 12.1 Å². The van der Waals surface area contributed by atoms with Crippen LogP contribution in [0.1, 0.15) is 39.0 Å². The molecule has 0 spiro atoms. The molecule has 3 nitrogen and oxygen atoms in total. The number of benzene rings is 1. The summed E-state index contributed by atoms with van der Waals surface area (Å²) in [7, 11) is 0. The zero-order chi connectivity index (χ0) is 13.7. The lowest BCUT2D eigenvalue weighted by Crippen LogP contribution is -2.24. The molecule has 0 amide bonds. The Balaban J connectivity index is 1.97. The van der Waals surface area contributed by atoms with Crippen LogP contribution in [0.4, 0.5) is 5.69 Å². The van der Waals surface area contributed by atoms with E-state index in [0.717, 1.165) is 18.0 Å². The van der Waals surface area contributed by atoms with Gasteiger partial charge < -0.3 is 0 Å². The highest BCUT2D eigenvalue weighted by Gasteiger charge is 2.19. The average Bonchev–Trinajstić information content (AvgIpc) is 2.43. The number of nitrogens with zero attached hydrogens (tertiary/aromatic N) is 1. The first-order valence-electron chi connectivity index (χ1n) is 6.90. The largest absolute Gasteiger partial charge is 0.290 e. The number of nitrogens with one attached hydrogen (secondary N) is 1. The smallest absolute Gasteiger partial charge is 0.126 e. The molecule has 1 aliphatic carbocycles. The van der Waals surface area contributed by atoms with Crippen LogP contribution in [0.25, 0.3) is 0 Å². The number of aliphatic imine (C=N–C) groups is 1. The summed E-state index contributed by atoms with van der Waals surface area (Å²) in [5.41, 5.74) is 3.05. The summed E-state index contributed by atoms with van der Waals surface area (Å²) in [4.78, 5) is 4.43. The Kier molecular flexibility index (Phi) is 5.23. The third-order valence-electron chi connectivity index (χ3n) is 3.84. The van der Waals surface area contributed by atoms with Gasteiger partial charge in [0.15, 0.2) is 0 Å². The predicted molar refractivity (Wildman–Crippen MR) is 79.2 cm³/mol. The molecule has 0 aliphatic heterocycles. The van der Waals surface area contributed by atoms with Crippen molar-refractivity contribution < 1.29 is 5.21 Å². The van der Waals surface area contributed by atoms with Gasteiger partial charge in [0.25, 0.3) is 0 Å². The number of hydrogen-bond acceptors (Lipinski definition) is 2. The molecule has 1 aromatic rings. The highest BCUT2D eigenvalue weighted by molar-refractivity contribution is 6.30. The molecule has 1 saturated carbocycles. The number of amidine groups is 1. The maximum Gasteiger partial charge on any atom is 0.126 e. The first-order valence-corrected chi connectivity index (χ1v) is 7.28. The minimum Gasteiger partial charge on any atom is -0.290 e. The van der Waals surface area contributed by atoms with Crippen LogP contribution in [0.5, 0.6) is 0 Å². The maximum atomic E-state index is 9.22. The maximum absolute atomic E-state index is 9.22. The molecule has 0 heterocycles. The Morgan fingerprint density at radius 2 is 1.89 bits per heavy atom. The lowest BCUT2D eigenvalue weighted by Gasteiger charge is -2.26. The van der Waals surface area contributed by atoms with E-state index in [4.69, 9.17) is 11.6 Å². The van der Waals surface area contributed by atoms with Crippen LogP contribution in [0, 0.1) is 11.8 Å². The van der Waals surface area contributed by atoms with Crippen molar-refractivity contribution in [3.05, 3.63) is 29.3 Å². The lowest BCUT2D eigenvalue weighted by atomic mass is 9.81. The number of rotatable bonds is 3. The van der Waals surface area contributed by atoms with Gasteiger partial charge in [-0.25, -0.2) is 4.99 Å². The Labute approximate surface area is 119 Å². The van der Waals surface area contributed by atoms with Crippen molar-refractivity contribution in [2.24, 2.45) is 16.8 Å². The van der Waals surface area contributed by atoms with E-state index < -0.39 is 0 Å². The van der Waals surface area contributed by atoms with Crippen molar-refractivity contribution in [2.75, 3.05) is 0 Å². The van der Waals surface area contributed by atoms with Gasteiger partial charge in [-0.3, -0.25) is 10.7 Å². The highest BCUT2D eigenvalue weighted by atomic mass is 35.5. The molecule has 2 rings (SSSR count). The second-order valence-electron chi connectivity index (χ2n) is 5.48. The van der Waals surface area contributed by atoms with E-state index in [-0.39, 0.29) is 0 Å². The SMILES string of the molecule is CC1CCC(CC(=Nc2ccc(Cl)cc2)NO)CC1.